The minimum atomic E-state index is -0.630. The summed E-state index contributed by atoms with van der Waals surface area (Å²) in [5, 5.41) is 26.2. The predicted molar refractivity (Wildman–Crippen MR) is 107 cm³/mol. The van der Waals surface area contributed by atoms with Crippen molar-refractivity contribution in [3.05, 3.63) is 81.1 Å². The van der Waals surface area contributed by atoms with Crippen molar-refractivity contribution in [2.75, 3.05) is 5.32 Å². The minimum Gasteiger partial charge on any atom is -0.322 e. The molecule has 0 aliphatic heterocycles. The Morgan fingerprint density at radius 2 is 1.86 bits per heavy atom. The molecule has 0 unspecified atom stereocenters. The number of carbonyl (C=O) groups excluding carboxylic acids is 1. The zero-order chi connectivity index (χ0) is 20.5. The van der Waals surface area contributed by atoms with Crippen molar-refractivity contribution in [2.45, 2.75) is 6.92 Å². The summed E-state index contributed by atoms with van der Waals surface area (Å²) in [6.45, 7) is 1.82. The van der Waals surface area contributed by atoms with E-state index < -0.39 is 10.8 Å². The first-order valence-electron chi connectivity index (χ1n) is 8.47. The zero-order valence-corrected chi connectivity index (χ0v) is 15.8. The number of nitro groups is 1. The van der Waals surface area contributed by atoms with E-state index in [4.69, 9.17) is 11.6 Å². The molecule has 0 fully saturated rings. The Labute approximate surface area is 169 Å². The smallest absolute Gasteiger partial charge is 0.288 e. The lowest BCUT2D eigenvalue weighted by Gasteiger charge is -2.07. The molecule has 1 N–H and O–H groups in total. The molecule has 0 aliphatic rings. The average Bonchev–Trinajstić information content (AvgIpc) is 3.09. The highest BCUT2D eigenvalue weighted by Crippen LogP contribution is 2.26. The molecule has 29 heavy (non-hydrogen) atoms. The number of nitrogens with zero attached hydrogens (tertiary/aromatic N) is 5. The van der Waals surface area contributed by atoms with Crippen molar-refractivity contribution < 1.29 is 9.72 Å². The molecule has 1 amide bonds. The lowest BCUT2D eigenvalue weighted by atomic mass is 10.1. The van der Waals surface area contributed by atoms with Gasteiger partial charge in [0.15, 0.2) is 11.5 Å². The third-order valence-corrected chi connectivity index (χ3v) is 4.58. The van der Waals surface area contributed by atoms with Gasteiger partial charge in [-0.05, 0) is 43.3 Å². The van der Waals surface area contributed by atoms with E-state index in [1.54, 1.807) is 16.6 Å². The Kier molecular flexibility index (Phi) is 4.65. The van der Waals surface area contributed by atoms with Gasteiger partial charge in [-0.15, -0.1) is 10.2 Å². The summed E-state index contributed by atoms with van der Waals surface area (Å²) in [6.07, 6.45) is 0. The van der Waals surface area contributed by atoms with E-state index in [9.17, 15) is 14.9 Å². The molecule has 2 heterocycles. The molecule has 2 aromatic heterocycles. The van der Waals surface area contributed by atoms with Crippen LogP contribution in [-0.2, 0) is 0 Å². The van der Waals surface area contributed by atoms with Gasteiger partial charge in [-0.25, -0.2) is 0 Å². The SMILES string of the molecule is Cc1nnc2ccc(-c3ccc(NC(=O)c4ccc(Cl)c([N+](=O)[O-])c4)cc3)nn12. The van der Waals surface area contributed by atoms with E-state index in [-0.39, 0.29) is 16.3 Å². The molecule has 0 atom stereocenters. The standard InChI is InChI=1S/C19H13ClN6O3/c1-11-22-23-18-9-8-16(24-25(11)18)12-2-5-14(6-3-12)21-19(27)13-4-7-15(20)17(10-13)26(28)29/h2-10H,1H3,(H,21,27). The molecule has 0 bridgehead atoms. The largest absolute Gasteiger partial charge is 0.322 e. The number of benzene rings is 2. The van der Waals surface area contributed by atoms with Crippen molar-refractivity contribution in [3.8, 4) is 11.3 Å². The average molecular weight is 409 g/mol. The number of aromatic nitrogens is 4. The maximum Gasteiger partial charge on any atom is 0.288 e. The van der Waals surface area contributed by atoms with Crippen molar-refractivity contribution in [1.82, 2.24) is 19.8 Å². The second kappa shape index (κ2) is 7.28. The highest BCUT2D eigenvalue weighted by atomic mass is 35.5. The lowest BCUT2D eigenvalue weighted by molar-refractivity contribution is -0.384. The van der Waals surface area contributed by atoms with Gasteiger partial charge in [0.1, 0.15) is 5.02 Å². The Hall–Kier alpha value is -3.85. The van der Waals surface area contributed by atoms with Crippen molar-refractivity contribution in [3.63, 3.8) is 0 Å². The first kappa shape index (κ1) is 18.5. The Balaban J connectivity index is 1.55. The van der Waals surface area contributed by atoms with Gasteiger partial charge in [0.25, 0.3) is 11.6 Å². The van der Waals surface area contributed by atoms with Crippen LogP contribution in [0.5, 0.6) is 0 Å². The maximum atomic E-state index is 12.4. The van der Waals surface area contributed by atoms with Crippen LogP contribution < -0.4 is 5.32 Å². The van der Waals surface area contributed by atoms with Crippen LogP contribution in [0.4, 0.5) is 11.4 Å². The summed E-state index contributed by atoms with van der Waals surface area (Å²) < 4.78 is 1.65. The normalized spacial score (nSPS) is 10.8. The Morgan fingerprint density at radius 3 is 2.59 bits per heavy atom. The molecule has 0 aliphatic carbocycles. The number of nitrogens with one attached hydrogen (secondary N) is 1. The van der Waals surface area contributed by atoms with Gasteiger partial charge in [0.2, 0.25) is 0 Å². The first-order valence-corrected chi connectivity index (χ1v) is 8.85. The summed E-state index contributed by atoms with van der Waals surface area (Å²) >= 11 is 5.78. The van der Waals surface area contributed by atoms with Crippen LogP contribution in [-0.4, -0.2) is 30.6 Å². The number of rotatable bonds is 4. The second-order valence-corrected chi connectivity index (χ2v) is 6.60. The van der Waals surface area contributed by atoms with Crippen LogP contribution >= 0.6 is 11.6 Å². The molecule has 2 aromatic carbocycles. The summed E-state index contributed by atoms with van der Waals surface area (Å²) in [7, 11) is 0. The van der Waals surface area contributed by atoms with E-state index in [2.05, 4.69) is 20.6 Å². The molecular formula is C19H13ClN6O3. The van der Waals surface area contributed by atoms with Gasteiger partial charge in [-0.1, -0.05) is 23.7 Å². The number of halogens is 1. The van der Waals surface area contributed by atoms with Crippen LogP contribution in [0.3, 0.4) is 0 Å². The molecule has 4 rings (SSSR count). The number of anilines is 1. The van der Waals surface area contributed by atoms with Crippen molar-refractivity contribution in [2.24, 2.45) is 0 Å². The molecule has 0 spiro atoms. The first-order chi connectivity index (χ1) is 13.9. The van der Waals surface area contributed by atoms with Gasteiger partial charge >= 0.3 is 0 Å². The summed E-state index contributed by atoms with van der Waals surface area (Å²) in [4.78, 5) is 22.8. The molecule has 4 aromatic rings. The minimum absolute atomic E-state index is 0.0244. The number of hydrogen-bond acceptors (Lipinski definition) is 6. The lowest BCUT2D eigenvalue weighted by Crippen LogP contribution is -2.12. The molecule has 144 valence electrons. The van der Waals surface area contributed by atoms with Gasteiger partial charge in [-0.3, -0.25) is 14.9 Å². The number of carbonyl (C=O) groups is 1. The van der Waals surface area contributed by atoms with Crippen LogP contribution in [0.1, 0.15) is 16.2 Å². The van der Waals surface area contributed by atoms with Crippen LogP contribution in [0.2, 0.25) is 5.02 Å². The second-order valence-electron chi connectivity index (χ2n) is 6.19. The number of aryl methyl sites for hydroxylation is 1. The van der Waals surface area contributed by atoms with E-state index in [1.165, 1.54) is 12.1 Å². The Morgan fingerprint density at radius 1 is 1.10 bits per heavy atom. The molecule has 0 radical (unpaired) electrons. The zero-order valence-electron chi connectivity index (χ0n) is 15.0. The van der Waals surface area contributed by atoms with E-state index in [0.717, 1.165) is 17.3 Å². The summed E-state index contributed by atoms with van der Waals surface area (Å²) in [5.74, 6) is 0.208. The highest BCUT2D eigenvalue weighted by Gasteiger charge is 2.16. The third-order valence-electron chi connectivity index (χ3n) is 4.26. The predicted octanol–water partition coefficient (Wildman–Crippen LogP) is 3.91. The summed E-state index contributed by atoms with van der Waals surface area (Å²) in [5.41, 5.74) is 2.60. The number of amides is 1. The summed E-state index contributed by atoms with van der Waals surface area (Å²) in [6, 6.07) is 14.6. The fourth-order valence-electron chi connectivity index (χ4n) is 2.77. The van der Waals surface area contributed by atoms with E-state index >= 15 is 0 Å². The van der Waals surface area contributed by atoms with Crippen LogP contribution in [0.25, 0.3) is 16.9 Å². The monoisotopic (exact) mass is 408 g/mol. The topological polar surface area (TPSA) is 115 Å². The number of hydrogen-bond donors (Lipinski definition) is 1. The van der Waals surface area contributed by atoms with Gasteiger partial charge < -0.3 is 5.32 Å². The fourth-order valence-corrected chi connectivity index (χ4v) is 2.96. The molecule has 9 nitrogen and oxygen atoms in total. The van der Waals surface area contributed by atoms with Crippen molar-refractivity contribution in [1.29, 1.82) is 0 Å². The van der Waals surface area contributed by atoms with Gasteiger partial charge in [0.05, 0.1) is 10.6 Å². The molecule has 10 heteroatoms. The quantitative estimate of drug-likeness (QED) is 0.404. The van der Waals surface area contributed by atoms with Crippen LogP contribution in [0, 0.1) is 17.0 Å². The highest BCUT2D eigenvalue weighted by molar-refractivity contribution is 6.32. The van der Waals surface area contributed by atoms with E-state index in [1.807, 2.05) is 31.2 Å². The maximum absolute atomic E-state index is 12.4. The van der Waals surface area contributed by atoms with Crippen LogP contribution in [0.15, 0.2) is 54.6 Å². The fraction of sp³-hybridized carbons (Fsp3) is 0.0526. The van der Waals surface area contributed by atoms with E-state index in [0.29, 0.717) is 17.2 Å². The molecule has 0 saturated heterocycles. The molecular weight excluding hydrogens is 396 g/mol. The molecule has 0 saturated carbocycles. The van der Waals surface area contributed by atoms with Crippen molar-refractivity contribution >= 4 is 34.5 Å². The number of fused-ring (bicyclic) bond motifs is 1. The van der Waals surface area contributed by atoms with Gasteiger partial charge in [-0.2, -0.15) is 9.61 Å². The third kappa shape index (κ3) is 3.63. The number of nitro benzene ring substituents is 1. The van der Waals surface area contributed by atoms with Gasteiger partial charge in [0, 0.05) is 22.9 Å². The Bertz CT molecular complexity index is 1250.